The monoisotopic (exact) mass is 332 g/mol. The lowest BCUT2D eigenvalue weighted by Gasteiger charge is -1.98. The molecule has 0 unspecified atom stereocenters. The second-order valence-corrected chi connectivity index (χ2v) is 6.46. The van der Waals surface area contributed by atoms with E-state index in [2.05, 4.69) is 35.3 Å². The summed E-state index contributed by atoms with van der Waals surface area (Å²) in [5, 5.41) is 14.1. The first-order valence-corrected chi connectivity index (χ1v) is 8.22. The molecule has 3 aromatic carbocycles. The zero-order chi connectivity index (χ0) is 16.5. The Morgan fingerprint density at radius 2 is 1.79 bits per heavy atom. The van der Waals surface area contributed by atoms with Gasteiger partial charge in [0, 0.05) is 12.1 Å². The number of thiazole rings is 1. The van der Waals surface area contributed by atoms with Crippen molar-refractivity contribution in [2.75, 3.05) is 0 Å². The van der Waals surface area contributed by atoms with Crippen LogP contribution in [0.3, 0.4) is 0 Å². The van der Waals surface area contributed by atoms with Gasteiger partial charge in [0.1, 0.15) is 5.01 Å². The molecule has 116 valence electrons. The van der Waals surface area contributed by atoms with Crippen LogP contribution in [-0.2, 0) is 0 Å². The van der Waals surface area contributed by atoms with Gasteiger partial charge in [0.25, 0.3) is 5.69 Å². The SMILES string of the molecule is O=[N+]([O-])c1ccc2sc(/C=C/c3ccc4ccccc4c3)nc2c1. The van der Waals surface area contributed by atoms with Gasteiger partial charge in [0.15, 0.2) is 0 Å². The van der Waals surface area contributed by atoms with E-state index in [1.807, 2.05) is 24.3 Å². The molecule has 1 heterocycles. The smallest absolute Gasteiger partial charge is 0.258 e. The minimum Gasteiger partial charge on any atom is -0.258 e. The van der Waals surface area contributed by atoms with Gasteiger partial charge in [0.2, 0.25) is 0 Å². The minimum atomic E-state index is -0.399. The molecule has 0 saturated heterocycles. The molecule has 1 aromatic heterocycles. The molecule has 0 radical (unpaired) electrons. The summed E-state index contributed by atoms with van der Waals surface area (Å²) in [6, 6.07) is 19.3. The standard InChI is InChI=1S/C19H12N2O2S/c22-21(23)16-8-9-18-17(12-16)20-19(24-18)10-6-13-5-7-14-3-1-2-4-15(14)11-13/h1-12H/b10-6+. The molecule has 0 N–H and O–H groups in total. The van der Waals surface area contributed by atoms with E-state index in [0.29, 0.717) is 5.52 Å². The fourth-order valence-electron chi connectivity index (χ4n) is 2.60. The van der Waals surface area contributed by atoms with Crippen LogP contribution in [-0.4, -0.2) is 9.91 Å². The van der Waals surface area contributed by atoms with Gasteiger partial charge in [-0.2, -0.15) is 0 Å². The van der Waals surface area contributed by atoms with Gasteiger partial charge in [0.05, 0.1) is 15.1 Å². The number of benzene rings is 3. The van der Waals surface area contributed by atoms with Gasteiger partial charge in [-0.15, -0.1) is 11.3 Å². The topological polar surface area (TPSA) is 56.0 Å². The molecular formula is C19H12N2O2S. The van der Waals surface area contributed by atoms with Crippen molar-refractivity contribution in [2.45, 2.75) is 0 Å². The summed E-state index contributed by atoms with van der Waals surface area (Å²) >= 11 is 1.52. The second kappa shape index (κ2) is 5.86. The lowest BCUT2D eigenvalue weighted by molar-refractivity contribution is -0.384. The van der Waals surface area contributed by atoms with Crippen LogP contribution < -0.4 is 0 Å². The van der Waals surface area contributed by atoms with Crippen LogP contribution in [0.1, 0.15) is 10.6 Å². The maximum Gasteiger partial charge on any atom is 0.271 e. The van der Waals surface area contributed by atoms with Gasteiger partial charge < -0.3 is 0 Å². The van der Waals surface area contributed by atoms with Gasteiger partial charge in [-0.3, -0.25) is 10.1 Å². The fourth-order valence-corrected chi connectivity index (χ4v) is 3.45. The Hall–Kier alpha value is -3.05. The largest absolute Gasteiger partial charge is 0.271 e. The number of hydrogen-bond donors (Lipinski definition) is 0. The van der Waals surface area contributed by atoms with Crippen molar-refractivity contribution in [2.24, 2.45) is 0 Å². The van der Waals surface area contributed by atoms with E-state index >= 15 is 0 Å². The average molecular weight is 332 g/mol. The number of hydrogen-bond acceptors (Lipinski definition) is 4. The molecule has 0 aliphatic carbocycles. The van der Waals surface area contributed by atoms with E-state index in [0.717, 1.165) is 15.3 Å². The molecule has 0 aliphatic rings. The van der Waals surface area contributed by atoms with Crippen LogP contribution in [0.2, 0.25) is 0 Å². The number of nitrogens with zero attached hydrogens (tertiary/aromatic N) is 2. The third-order valence-corrected chi connectivity index (χ3v) is 4.79. The third kappa shape index (κ3) is 2.77. The number of fused-ring (bicyclic) bond motifs is 2. The maximum atomic E-state index is 10.8. The highest BCUT2D eigenvalue weighted by molar-refractivity contribution is 7.19. The Morgan fingerprint density at radius 1 is 0.958 bits per heavy atom. The highest BCUT2D eigenvalue weighted by Gasteiger charge is 2.09. The highest BCUT2D eigenvalue weighted by atomic mass is 32.1. The lowest BCUT2D eigenvalue weighted by atomic mass is 10.1. The molecule has 0 fully saturated rings. The minimum absolute atomic E-state index is 0.0675. The summed E-state index contributed by atoms with van der Waals surface area (Å²) in [4.78, 5) is 14.9. The predicted molar refractivity (Wildman–Crippen MR) is 99.2 cm³/mol. The Morgan fingerprint density at radius 3 is 2.62 bits per heavy atom. The van der Waals surface area contributed by atoms with Crippen LogP contribution >= 0.6 is 11.3 Å². The van der Waals surface area contributed by atoms with Gasteiger partial charge >= 0.3 is 0 Å². The van der Waals surface area contributed by atoms with Gasteiger partial charge in [-0.05, 0) is 34.5 Å². The molecular weight excluding hydrogens is 320 g/mol. The van der Waals surface area contributed by atoms with Crippen LogP contribution in [0.25, 0.3) is 33.1 Å². The molecule has 0 bridgehead atoms. The summed E-state index contributed by atoms with van der Waals surface area (Å²) in [5.41, 5.74) is 1.82. The van der Waals surface area contributed by atoms with Crippen molar-refractivity contribution < 1.29 is 4.92 Å². The molecule has 24 heavy (non-hydrogen) atoms. The summed E-state index contributed by atoms with van der Waals surface area (Å²) in [7, 11) is 0. The Bertz CT molecular complexity index is 1100. The first-order valence-electron chi connectivity index (χ1n) is 7.41. The van der Waals surface area contributed by atoms with Crippen LogP contribution in [0.5, 0.6) is 0 Å². The van der Waals surface area contributed by atoms with Crippen molar-refractivity contribution in [1.82, 2.24) is 4.98 Å². The molecule has 0 saturated carbocycles. The molecule has 0 spiro atoms. The van der Waals surface area contributed by atoms with Gasteiger partial charge in [-0.25, -0.2) is 4.98 Å². The first kappa shape index (κ1) is 14.5. The molecule has 0 aliphatic heterocycles. The quantitative estimate of drug-likeness (QED) is 0.366. The van der Waals surface area contributed by atoms with Crippen LogP contribution in [0.15, 0.2) is 60.7 Å². The summed E-state index contributed by atoms with van der Waals surface area (Å²) in [6.07, 6.45) is 3.96. The Kier molecular flexibility index (Phi) is 3.55. The van der Waals surface area contributed by atoms with Crippen molar-refractivity contribution in [3.05, 3.63) is 81.3 Å². The Balaban J connectivity index is 1.66. The zero-order valence-corrected chi connectivity index (χ0v) is 13.4. The van der Waals surface area contributed by atoms with Crippen molar-refractivity contribution in [3.8, 4) is 0 Å². The maximum absolute atomic E-state index is 10.8. The number of rotatable bonds is 3. The molecule has 4 aromatic rings. The zero-order valence-electron chi connectivity index (χ0n) is 12.5. The summed E-state index contributed by atoms with van der Waals surface area (Å²) < 4.78 is 0.943. The second-order valence-electron chi connectivity index (χ2n) is 5.40. The van der Waals surface area contributed by atoms with Crippen molar-refractivity contribution in [1.29, 1.82) is 0 Å². The first-order chi connectivity index (χ1) is 11.7. The summed E-state index contributed by atoms with van der Waals surface area (Å²) in [5.74, 6) is 0. The molecule has 0 atom stereocenters. The summed E-state index contributed by atoms with van der Waals surface area (Å²) in [6.45, 7) is 0. The van der Waals surface area contributed by atoms with Crippen LogP contribution in [0.4, 0.5) is 5.69 Å². The number of nitro groups is 1. The molecule has 4 nitrogen and oxygen atoms in total. The number of nitro benzene ring substituents is 1. The highest BCUT2D eigenvalue weighted by Crippen LogP contribution is 2.27. The lowest BCUT2D eigenvalue weighted by Crippen LogP contribution is -1.86. The molecule has 4 rings (SSSR count). The molecule has 0 amide bonds. The van der Waals surface area contributed by atoms with Crippen LogP contribution in [0, 0.1) is 10.1 Å². The normalized spacial score (nSPS) is 11.5. The van der Waals surface area contributed by atoms with E-state index in [1.165, 1.54) is 34.2 Å². The molecule has 5 heteroatoms. The van der Waals surface area contributed by atoms with E-state index < -0.39 is 4.92 Å². The van der Waals surface area contributed by atoms with E-state index in [9.17, 15) is 10.1 Å². The van der Waals surface area contributed by atoms with Gasteiger partial charge in [-0.1, -0.05) is 42.5 Å². The number of aromatic nitrogens is 1. The number of non-ortho nitro benzene ring substituents is 1. The third-order valence-electron chi connectivity index (χ3n) is 3.79. The Labute approximate surface area is 141 Å². The van der Waals surface area contributed by atoms with E-state index in [-0.39, 0.29) is 5.69 Å². The van der Waals surface area contributed by atoms with E-state index in [4.69, 9.17) is 0 Å². The predicted octanol–water partition coefficient (Wildman–Crippen LogP) is 5.53. The van der Waals surface area contributed by atoms with Crippen molar-refractivity contribution in [3.63, 3.8) is 0 Å². The average Bonchev–Trinajstić information content (AvgIpc) is 3.01. The van der Waals surface area contributed by atoms with Crippen molar-refractivity contribution >= 4 is 50.2 Å². The fraction of sp³-hybridized carbons (Fsp3) is 0. The van der Waals surface area contributed by atoms with E-state index in [1.54, 1.807) is 6.07 Å².